The average molecular weight is 418 g/mol. The molecule has 154 valence electrons. The molecule has 0 spiro atoms. The number of furan rings is 1. The Balaban J connectivity index is 1.60. The molecule has 1 aromatic heterocycles. The molecular weight excluding hydrogens is 394 g/mol. The third-order valence-corrected chi connectivity index (χ3v) is 5.19. The van der Waals surface area contributed by atoms with Crippen LogP contribution in [0.3, 0.4) is 0 Å². The molecule has 0 aliphatic carbocycles. The Kier molecular flexibility index (Phi) is 6.59. The molecule has 0 radical (unpaired) electrons. The minimum absolute atomic E-state index is 0.0819. The van der Waals surface area contributed by atoms with Crippen molar-refractivity contribution >= 4 is 29.3 Å². The summed E-state index contributed by atoms with van der Waals surface area (Å²) in [6.45, 7) is 5.43. The van der Waals surface area contributed by atoms with E-state index in [1.165, 1.54) is 6.26 Å². The van der Waals surface area contributed by atoms with E-state index < -0.39 is 6.04 Å². The zero-order chi connectivity index (χ0) is 21.0. The first-order valence-electron chi connectivity index (χ1n) is 9.55. The van der Waals surface area contributed by atoms with E-state index in [1.807, 2.05) is 13.8 Å². The summed E-state index contributed by atoms with van der Waals surface area (Å²) in [4.78, 5) is 41.3. The van der Waals surface area contributed by atoms with E-state index in [0.717, 1.165) is 0 Å². The molecule has 1 aliphatic heterocycles. The van der Waals surface area contributed by atoms with E-state index >= 15 is 0 Å². The van der Waals surface area contributed by atoms with Gasteiger partial charge in [0.15, 0.2) is 5.76 Å². The highest BCUT2D eigenvalue weighted by Crippen LogP contribution is 2.14. The minimum atomic E-state index is -0.648. The highest BCUT2D eigenvalue weighted by molar-refractivity contribution is 6.30. The molecule has 2 heterocycles. The van der Waals surface area contributed by atoms with Crippen LogP contribution in [0.15, 0.2) is 47.1 Å². The molecule has 1 saturated heterocycles. The molecule has 0 saturated carbocycles. The van der Waals surface area contributed by atoms with Crippen molar-refractivity contribution in [2.75, 3.05) is 26.2 Å². The molecule has 3 amide bonds. The fourth-order valence-corrected chi connectivity index (χ4v) is 3.35. The number of piperazine rings is 1. The van der Waals surface area contributed by atoms with E-state index in [4.69, 9.17) is 16.0 Å². The van der Waals surface area contributed by atoms with Crippen LogP contribution < -0.4 is 5.32 Å². The Labute approximate surface area is 174 Å². The lowest BCUT2D eigenvalue weighted by atomic mass is 10.0. The van der Waals surface area contributed by atoms with Gasteiger partial charge < -0.3 is 19.5 Å². The summed E-state index contributed by atoms with van der Waals surface area (Å²) in [5, 5.41) is 3.38. The third kappa shape index (κ3) is 4.98. The van der Waals surface area contributed by atoms with Crippen LogP contribution in [0.25, 0.3) is 0 Å². The predicted octanol–water partition coefficient (Wildman–Crippen LogP) is 2.67. The standard InChI is InChI=1S/C21H24ClN3O4/c1-14(2)18(23-19(26)15-5-7-16(22)8-6-15)21(28)25-11-9-24(10-12-25)20(27)17-4-3-13-29-17/h3-8,13-14,18H,9-12H2,1-2H3,(H,23,26)/t18-/m0/s1. The molecule has 1 aromatic carbocycles. The van der Waals surface area contributed by atoms with Crippen molar-refractivity contribution in [1.29, 1.82) is 0 Å². The second-order valence-corrected chi connectivity index (χ2v) is 7.73. The molecule has 1 N–H and O–H groups in total. The topological polar surface area (TPSA) is 82.9 Å². The van der Waals surface area contributed by atoms with Crippen LogP contribution in [-0.2, 0) is 4.79 Å². The van der Waals surface area contributed by atoms with Crippen molar-refractivity contribution in [3.05, 3.63) is 59.0 Å². The number of hydrogen-bond acceptors (Lipinski definition) is 4. The minimum Gasteiger partial charge on any atom is -0.459 e. The smallest absolute Gasteiger partial charge is 0.289 e. The molecule has 8 heteroatoms. The second kappa shape index (κ2) is 9.13. The van der Waals surface area contributed by atoms with Crippen molar-refractivity contribution < 1.29 is 18.8 Å². The number of rotatable bonds is 5. The van der Waals surface area contributed by atoms with Crippen LogP contribution in [-0.4, -0.2) is 59.7 Å². The molecule has 29 heavy (non-hydrogen) atoms. The maximum atomic E-state index is 13.0. The number of carbonyl (C=O) groups excluding carboxylic acids is 3. The first-order valence-corrected chi connectivity index (χ1v) is 9.92. The quantitative estimate of drug-likeness (QED) is 0.810. The summed E-state index contributed by atoms with van der Waals surface area (Å²) in [5.74, 6) is -0.437. The first kappa shape index (κ1) is 20.9. The van der Waals surface area contributed by atoms with Gasteiger partial charge in [0.25, 0.3) is 11.8 Å². The highest BCUT2D eigenvalue weighted by Gasteiger charge is 2.32. The van der Waals surface area contributed by atoms with Gasteiger partial charge in [-0.25, -0.2) is 0 Å². The van der Waals surface area contributed by atoms with Gasteiger partial charge in [-0.15, -0.1) is 0 Å². The molecule has 0 unspecified atom stereocenters. The van der Waals surface area contributed by atoms with Crippen molar-refractivity contribution in [2.24, 2.45) is 5.92 Å². The molecule has 2 aromatic rings. The largest absolute Gasteiger partial charge is 0.459 e. The van der Waals surface area contributed by atoms with E-state index in [0.29, 0.717) is 42.5 Å². The number of carbonyl (C=O) groups is 3. The van der Waals surface area contributed by atoms with Gasteiger partial charge in [-0.1, -0.05) is 25.4 Å². The Bertz CT molecular complexity index is 857. The van der Waals surface area contributed by atoms with Crippen molar-refractivity contribution in [2.45, 2.75) is 19.9 Å². The SMILES string of the molecule is CC(C)[C@H](NC(=O)c1ccc(Cl)cc1)C(=O)N1CCN(C(=O)c2ccco2)CC1. The fraction of sp³-hybridized carbons (Fsp3) is 0.381. The molecule has 0 bridgehead atoms. The summed E-state index contributed by atoms with van der Waals surface area (Å²) in [6.07, 6.45) is 1.46. The molecular formula is C21H24ClN3O4. The van der Waals surface area contributed by atoms with E-state index in [-0.39, 0.29) is 23.6 Å². The van der Waals surface area contributed by atoms with Gasteiger partial charge in [0, 0.05) is 36.8 Å². The van der Waals surface area contributed by atoms with Crippen molar-refractivity contribution in [1.82, 2.24) is 15.1 Å². The molecule has 1 atom stereocenters. The predicted molar refractivity (Wildman–Crippen MR) is 109 cm³/mol. The van der Waals surface area contributed by atoms with Gasteiger partial charge in [-0.3, -0.25) is 14.4 Å². The Hall–Kier alpha value is -2.80. The maximum absolute atomic E-state index is 13.0. The van der Waals surface area contributed by atoms with Crippen LogP contribution in [0.2, 0.25) is 5.02 Å². The number of benzene rings is 1. The lowest BCUT2D eigenvalue weighted by Gasteiger charge is -2.37. The summed E-state index contributed by atoms with van der Waals surface area (Å²) < 4.78 is 5.16. The van der Waals surface area contributed by atoms with Gasteiger partial charge in [-0.05, 0) is 42.3 Å². The Morgan fingerprint density at radius 3 is 2.17 bits per heavy atom. The van der Waals surface area contributed by atoms with Crippen LogP contribution in [0, 0.1) is 5.92 Å². The van der Waals surface area contributed by atoms with Crippen molar-refractivity contribution in [3.8, 4) is 0 Å². The average Bonchev–Trinajstić information content (AvgIpc) is 3.26. The number of amides is 3. The summed E-state index contributed by atoms with van der Waals surface area (Å²) >= 11 is 5.86. The lowest BCUT2D eigenvalue weighted by Crippen LogP contribution is -2.57. The number of nitrogens with one attached hydrogen (secondary N) is 1. The summed E-state index contributed by atoms with van der Waals surface area (Å²) in [5.41, 5.74) is 0.446. The number of halogens is 1. The Morgan fingerprint density at radius 2 is 1.62 bits per heavy atom. The summed E-state index contributed by atoms with van der Waals surface area (Å²) in [7, 11) is 0. The van der Waals surface area contributed by atoms with Crippen LogP contribution in [0.1, 0.15) is 34.8 Å². The normalized spacial score (nSPS) is 15.3. The van der Waals surface area contributed by atoms with Gasteiger partial charge in [-0.2, -0.15) is 0 Å². The van der Waals surface area contributed by atoms with Crippen LogP contribution >= 0.6 is 11.6 Å². The lowest BCUT2D eigenvalue weighted by molar-refractivity contribution is -0.135. The van der Waals surface area contributed by atoms with Crippen molar-refractivity contribution in [3.63, 3.8) is 0 Å². The molecule has 1 fully saturated rings. The fourth-order valence-electron chi connectivity index (χ4n) is 3.22. The first-order chi connectivity index (χ1) is 13.9. The molecule has 3 rings (SSSR count). The number of hydrogen-bond donors (Lipinski definition) is 1. The zero-order valence-electron chi connectivity index (χ0n) is 16.4. The van der Waals surface area contributed by atoms with Crippen LogP contribution in [0.4, 0.5) is 0 Å². The van der Waals surface area contributed by atoms with E-state index in [9.17, 15) is 14.4 Å². The van der Waals surface area contributed by atoms with Crippen LogP contribution in [0.5, 0.6) is 0 Å². The van der Waals surface area contributed by atoms with Gasteiger partial charge in [0.05, 0.1) is 6.26 Å². The van der Waals surface area contributed by atoms with E-state index in [1.54, 1.807) is 46.2 Å². The van der Waals surface area contributed by atoms with Gasteiger partial charge in [0.1, 0.15) is 6.04 Å². The van der Waals surface area contributed by atoms with E-state index in [2.05, 4.69) is 5.32 Å². The van der Waals surface area contributed by atoms with Gasteiger partial charge in [0.2, 0.25) is 5.91 Å². The second-order valence-electron chi connectivity index (χ2n) is 7.30. The maximum Gasteiger partial charge on any atom is 0.289 e. The monoisotopic (exact) mass is 417 g/mol. The molecule has 1 aliphatic rings. The highest BCUT2D eigenvalue weighted by atomic mass is 35.5. The Morgan fingerprint density at radius 1 is 1.00 bits per heavy atom. The summed E-state index contributed by atoms with van der Waals surface area (Å²) in [6, 6.07) is 9.17. The van der Waals surface area contributed by atoms with Gasteiger partial charge >= 0.3 is 0 Å². The zero-order valence-corrected chi connectivity index (χ0v) is 17.2. The third-order valence-electron chi connectivity index (χ3n) is 4.94. The molecule has 7 nitrogen and oxygen atoms in total. The number of nitrogens with zero attached hydrogens (tertiary/aromatic N) is 2.